The van der Waals surface area contributed by atoms with Gasteiger partial charge < -0.3 is 5.11 Å². The van der Waals surface area contributed by atoms with Gasteiger partial charge in [-0.2, -0.15) is 0 Å². The van der Waals surface area contributed by atoms with Crippen LogP contribution < -0.4 is 0 Å². The molecular weight excluding hydrogens is 276 g/mol. The summed E-state index contributed by atoms with van der Waals surface area (Å²) in [6.07, 6.45) is 0.0456. The van der Waals surface area contributed by atoms with Gasteiger partial charge in [0, 0.05) is 21.0 Å². The van der Waals surface area contributed by atoms with Gasteiger partial charge in [-0.25, -0.2) is 0 Å². The second kappa shape index (κ2) is 5.33. The van der Waals surface area contributed by atoms with Gasteiger partial charge in [-0.05, 0) is 29.1 Å². The van der Waals surface area contributed by atoms with E-state index in [1.165, 1.54) is 10.1 Å². The minimum Gasteiger partial charge on any atom is -0.387 e. The first kappa shape index (κ1) is 12.7. The van der Waals surface area contributed by atoms with Gasteiger partial charge in [0.15, 0.2) is 0 Å². The SMILES string of the molecule is OC(Cc1ccccc1Cl)c1cc2ccccc2s1. The van der Waals surface area contributed by atoms with Crippen molar-refractivity contribution in [3.05, 3.63) is 70.1 Å². The molecule has 0 aliphatic carbocycles. The summed E-state index contributed by atoms with van der Waals surface area (Å²) in [6, 6.07) is 17.9. The van der Waals surface area contributed by atoms with Crippen molar-refractivity contribution in [3.63, 3.8) is 0 Å². The zero-order chi connectivity index (χ0) is 13.2. The Kier molecular flexibility index (Phi) is 3.56. The quantitative estimate of drug-likeness (QED) is 0.732. The van der Waals surface area contributed by atoms with Crippen molar-refractivity contribution in [1.82, 2.24) is 0 Å². The predicted octanol–water partition coefficient (Wildman–Crippen LogP) is 4.83. The number of fused-ring (bicyclic) bond motifs is 1. The first-order valence-electron chi connectivity index (χ1n) is 6.14. The number of thiophene rings is 1. The van der Waals surface area contributed by atoms with E-state index in [4.69, 9.17) is 11.6 Å². The van der Waals surface area contributed by atoms with Crippen LogP contribution in [0.1, 0.15) is 16.5 Å². The van der Waals surface area contributed by atoms with Gasteiger partial charge in [0.1, 0.15) is 0 Å². The van der Waals surface area contributed by atoms with Crippen molar-refractivity contribution < 1.29 is 5.11 Å². The van der Waals surface area contributed by atoms with Crippen molar-refractivity contribution in [2.75, 3.05) is 0 Å². The molecule has 1 unspecified atom stereocenters. The Balaban J connectivity index is 1.87. The molecule has 3 aromatic rings. The molecule has 1 N–H and O–H groups in total. The Morgan fingerprint density at radius 3 is 2.58 bits per heavy atom. The van der Waals surface area contributed by atoms with Gasteiger partial charge >= 0.3 is 0 Å². The lowest BCUT2D eigenvalue weighted by molar-refractivity contribution is 0.182. The first-order chi connectivity index (χ1) is 9.24. The van der Waals surface area contributed by atoms with Crippen LogP contribution in [0.4, 0.5) is 0 Å². The molecule has 0 saturated carbocycles. The van der Waals surface area contributed by atoms with Crippen molar-refractivity contribution >= 4 is 33.0 Å². The fourth-order valence-electron chi connectivity index (χ4n) is 2.14. The summed E-state index contributed by atoms with van der Waals surface area (Å²) in [5.74, 6) is 0. The summed E-state index contributed by atoms with van der Waals surface area (Å²) in [6.45, 7) is 0. The van der Waals surface area contributed by atoms with E-state index in [0.717, 1.165) is 10.4 Å². The smallest absolute Gasteiger partial charge is 0.0923 e. The third kappa shape index (κ3) is 2.66. The van der Waals surface area contributed by atoms with Crippen LogP contribution in [0.25, 0.3) is 10.1 Å². The molecule has 2 aromatic carbocycles. The highest BCUT2D eigenvalue weighted by molar-refractivity contribution is 7.19. The van der Waals surface area contributed by atoms with Crippen LogP contribution in [0, 0.1) is 0 Å². The van der Waals surface area contributed by atoms with E-state index in [1.807, 2.05) is 36.4 Å². The zero-order valence-electron chi connectivity index (χ0n) is 10.2. The molecule has 1 nitrogen and oxygen atoms in total. The molecule has 0 radical (unpaired) electrons. The van der Waals surface area contributed by atoms with Gasteiger partial charge in [-0.15, -0.1) is 11.3 Å². The second-order valence-corrected chi connectivity index (χ2v) is 6.02. The molecule has 19 heavy (non-hydrogen) atoms. The summed E-state index contributed by atoms with van der Waals surface area (Å²) in [4.78, 5) is 0.987. The monoisotopic (exact) mass is 288 g/mol. The maximum atomic E-state index is 10.4. The molecule has 1 aromatic heterocycles. The largest absolute Gasteiger partial charge is 0.387 e. The standard InChI is InChI=1S/C16H13ClOS/c17-13-7-3-1-5-11(13)9-14(18)16-10-12-6-2-4-8-15(12)19-16/h1-8,10,14,18H,9H2. The maximum Gasteiger partial charge on any atom is 0.0923 e. The number of halogens is 1. The minimum absolute atomic E-state index is 0.503. The molecule has 0 amide bonds. The molecule has 3 rings (SSSR count). The van der Waals surface area contributed by atoms with E-state index in [9.17, 15) is 5.11 Å². The third-order valence-corrected chi connectivity index (χ3v) is 4.73. The Morgan fingerprint density at radius 1 is 1.05 bits per heavy atom. The number of hydrogen-bond donors (Lipinski definition) is 1. The molecule has 3 heteroatoms. The average molecular weight is 289 g/mol. The number of benzene rings is 2. The average Bonchev–Trinajstić information content (AvgIpc) is 2.85. The molecule has 0 aliphatic heterocycles. The number of rotatable bonds is 3. The van der Waals surface area contributed by atoms with Crippen molar-refractivity contribution in [1.29, 1.82) is 0 Å². The normalized spacial score (nSPS) is 12.7. The second-order valence-electron chi connectivity index (χ2n) is 4.50. The maximum absolute atomic E-state index is 10.4. The molecule has 96 valence electrons. The van der Waals surface area contributed by atoms with E-state index in [2.05, 4.69) is 18.2 Å². The highest BCUT2D eigenvalue weighted by atomic mass is 35.5. The van der Waals surface area contributed by atoms with Gasteiger partial charge in [-0.1, -0.05) is 48.0 Å². The van der Waals surface area contributed by atoms with Crippen LogP contribution in [0.15, 0.2) is 54.6 Å². The van der Waals surface area contributed by atoms with Crippen LogP contribution in [0.5, 0.6) is 0 Å². The zero-order valence-corrected chi connectivity index (χ0v) is 11.8. The third-order valence-electron chi connectivity index (χ3n) is 3.14. The summed E-state index contributed by atoms with van der Waals surface area (Å²) in [5.41, 5.74) is 0.981. The number of aliphatic hydroxyl groups excluding tert-OH is 1. The van der Waals surface area contributed by atoms with Crippen LogP contribution >= 0.6 is 22.9 Å². The van der Waals surface area contributed by atoms with Gasteiger partial charge in [-0.3, -0.25) is 0 Å². The molecule has 0 fully saturated rings. The summed E-state index contributed by atoms with van der Waals surface area (Å²) < 4.78 is 1.20. The van der Waals surface area contributed by atoms with Crippen LogP contribution in [-0.2, 0) is 6.42 Å². The van der Waals surface area contributed by atoms with Gasteiger partial charge in [0.05, 0.1) is 6.10 Å². The molecule has 1 atom stereocenters. The molecular formula is C16H13ClOS. The fourth-order valence-corrected chi connectivity index (χ4v) is 3.40. The van der Waals surface area contributed by atoms with Crippen LogP contribution in [0.2, 0.25) is 5.02 Å². The Hall–Kier alpha value is -1.35. The Morgan fingerprint density at radius 2 is 1.79 bits per heavy atom. The lowest BCUT2D eigenvalue weighted by atomic mass is 10.1. The van der Waals surface area contributed by atoms with E-state index in [-0.39, 0.29) is 0 Å². The Bertz CT molecular complexity index is 672. The van der Waals surface area contributed by atoms with E-state index >= 15 is 0 Å². The molecule has 0 bridgehead atoms. The van der Waals surface area contributed by atoms with Crippen molar-refractivity contribution in [3.8, 4) is 0 Å². The molecule has 0 aliphatic rings. The summed E-state index contributed by atoms with van der Waals surface area (Å²) in [5, 5.41) is 12.2. The molecule has 0 saturated heterocycles. The van der Waals surface area contributed by atoms with Gasteiger partial charge in [0.2, 0.25) is 0 Å². The lowest BCUT2D eigenvalue weighted by Gasteiger charge is -2.09. The van der Waals surface area contributed by atoms with Crippen molar-refractivity contribution in [2.45, 2.75) is 12.5 Å². The van der Waals surface area contributed by atoms with Crippen molar-refractivity contribution in [2.24, 2.45) is 0 Å². The highest BCUT2D eigenvalue weighted by Crippen LogP contribution is 2.32. The highest BCUT2D eigenvalue weighted by Gasteiger charge is 2.13. The predicted molar refractivity (Wildman–Crippen MR) is 81.9 cm³/mol. The number of aliphatic hydroxyl groups is 1. The topological polar surface area (TPSA) is 20.2 Å². The van der Waals surface area contributed by atoms with Crippen LogP contribution in [-0.4, -0.2) is 5.11 Å². The van der Waals surface area contributed by atoms with Gasteiger partial charge in [0.25, 0.3) is 0 Å². The first-order valence-corrected chi connectivity index (χ1v) is 7.33. The van der Waals surface area contributed by atoms with Crippen LogP contribution in [0.3, 0.4) is 0 Å². The summed E-state index contributed by atoms with van der Waals surface area (Å²) >= 11 is 7.76. The molecule has 1 heterocycles. The van der Waals surface area contributed by atoms with E-state index in [1.54, 1.807) is 11.3 Å². The Labute approximate surface area is 121 Å². The molecule has 0 spiro atoms. The number of hydrogen-bond acceptors (Lipinski definition) is 2. The summed E-state index contributed by atoms with van der Waals surface area (Å²) in [7, 11) is 0. The van der Waals surface area contributed by atoms with E-state index in [0.29, 0.717) is 11.4 Å². The lowest BCUT2D eigenvalue weighted by Crippen LogP contribution is -1.99. The fraction of sp³-hybridized carbons (Fsp3) is 0.125. The minimum atomic E-state index is -0.503. The van der Waals surface area contributed by atoms with E-state index < -0.39 is 6.10 Å².